The van der Waals surface area contributed by atoms with Gasteiger partial charge in [0.25, 0.3) is 0 Å². The van der Waals surface area contributed by atoms with Crippen molar-refractivity contribution >= 4 is 0 Å². The molecule has 91 valence electrons. The zero-order valence-corrected chi connectivity index (χ0v) is 10.9. The average molecular weight is 221 g/mol. The molecule has 0 aliphatic heterocycles. The first-order chi connectivity index (χ1) is 7.48. The first-order valence-corrected chi connectivity index (χ1v) is 6.11. The fourth-order valence-corrected chi connectivity index (χ4v) is 1.17. The minimum atomic E-state index is -0.865. The molecule has 0 aromatic heterocycles. The Morgan fingerprint density at radius 3 is 2.06 bits per heavy atom. The van der Waals surface area contributed by atoms with E-state index in [-0.39, 0.29) is 5.92 Å². The molecule has 16 heavy (non-hydrogen) atoms. The molecule has 0 aromatic rings. The molecule has 1 nitrogen and oxygen atoms in total. The van der Waals surface area contributed by atoms with E-state index in [2.05, 4.69) is 24.8 Å². The molecule has 0 fully saturated rings. The van der Waals surface area contributed by atoms with E-state index in [0.717, 1.165) is 25.7 Å². The van der Waals surface area contributed by atoms with Crippen molar-refractivity contribution in [3.05, 3.63) is 37.0 Å². The summed E-state index contributed by atoms with van der Waals surface area (Å²) in [5, 5.41) is 11.6. The Morgan fingerprint density at radius 2 is 1.56 bits per heavy atom. The van der Waals surface area contributed by atoms with Crippen LogP contribution in [0.2, 0.25) is 0 Å². The van der Waals surface area contributed by atoms with Gasteiger partial charge in [-0.3, -0.25) is 0 Å². The predicted molar refractivity (Wildman–Crippen MR) is 70.9 cm³/mol. The molecule has 1 atom stereocenters. The highest BCUT2D eigenvalue weighted by Gasteiger charge is 2.21. The van der Waals surface area contributed by atoms with Gasteiger partial charge in [-0.2, -0.15) is 0 Å². The largest absolute Gasteiger partial charge is 0.229 e. The third-order valence-electron chi connectivity index (χ3n) is 2.73. The quantitative estimate of drug-likeness (QED) is 0.418. The topological polar surface area (TPSA) is 19.9 Å². The van der Waals surface area contributed by atoms with Crippen LogP contribution in [0.1, 0.15) is 46.5 Å². The Bertz CT molecular complexity index is 230. The molecule has 0 aromatic carbocycles. The Morgan fingerprint density at radius 1 is 1.06 bits per heavy atom. The van der Waals surface area contributed by atoms with Gasteiger partial charge in [0, 0.05) is 5.92 Å². The molecule has 1 heteroatoms. The molecule has 0 saturated heterocycles. The lowest BCUT2D eigenvalue weighted by atomic mass is 9.92. The molecule has 0 amide bonds. The van der Waals surface area contributed by atoms with Crippen LogP contribution < -0.4 is 0 Å². The standard InChI is InChI=1S/C15H25O/c1-5-6-7-8-9-10-11-12-13-14(2)15(3,4)16/h5,8-9,12-14H,1,6-7,10-11H2,2-4H3. The van der Waals surface area contributed by atoms with E-state index in [1.165, 1.54) is 0 Å². The second kappa shape index (κ2) is 8.35. The summed E-state index contributed by atoms with van der Waals surface area (Å²) >= 11 is 0. The summed E-state index contributed by atoms with van der Waals surface area (Å²) in [4.78, 5) is 0. The fourth-order valence-electron chi connectivity index (χ4n) is 1.17. The molecule has 0 rings (SSSR count). The SMILES string of the molecule is C=CCCC=CCCC=CC(C)C(C)(C)[O]. The van der Waals surface area contributed by atoms with Gasteiger partial charge in [-0.1, -0.05) is 37.3 Å². The molecule has 0 bridgehead atoms. The van der Waals surface area contributed by atoms with Crippen molar-refractivity contribution in [1.29, 1.82) is 0 Å². The van der Waals surface area contributed by atoms with Crippen molar-refractivity contribution in [2.75, 3.05) is 0 Å². The summed E-state index contributed by atoms with van der Waals surface area (Å²) in [5.74, 6) is 0.0947. The van der Waals surface area contributed by atoms with Crippen molar-refractivity contribution in [2.24, 2.45) is 5.92 Å². The minimum Gasteiger partial charge on any atom is -0.229 e. The van der Waals surface area contributed by atoms with Crippen molar-refractivity contribution in [2.45, 2.75) is 52.1 Å². The smallest absolute Gasteiger partial charge is 0.104 e. The van der Waals surface area contributed by atoms with E-state index in [1.54, 1.807) is 13.8 Å². The summed E-state index contributed by atoms with van der Waals surface area (Å²) in [6.45, 7) is 9.12. The van der Waals surface area contributed by atoms with Crippen molar-refractivity contribution in [1.82, 2.24) is 0 Å². The first-order valence-electron chi connectivity index (χ1n) is 6.11. The summed E-state index contributed by atoms with van der Waals surface area (Å²) in [6, 6.07) is 0. The van der Waals surface area contributed by atoms with E-state index >= 15 is 0 Å². The van der Waals surface area contributed by atoms with Crippen LogP contribution in [0.15, 0.2) is 37.0 Å². The maximum atomic E-state index is 11.6. The van der Waals surface area contributed by atoms with E-state index in [1.807, 2.05) is 19.1 Å². The van der Waals surface area contributed by atoms with Gasteiger partial charge in [-0.25, -0.2) is 5.11 Å². The Kier molecular flexibility index (Phi) is 7.92. The van der Waals surface area contributed by atoms with Gasteiger partial charge < -0.3 is 0 Å². The predicted octanol–water partition coefficient (Wildman–Crippen LogP) is 4.69. The fraction of sp³-hybridized carbons (Fsp3) is 0.600. The zero-order chi connectivity index (χ0) is 12.4. The van der Waals surface area contributed by atoms with Crippen LogP contribution in [0.5, 0.6) is 0 Å². The summed E-state index contributed by atoms with van der Waals surface area (Å²) < 4.78 is 0. The Hall–Kier alpha value is -0.820. The lowest BCUT2D eigenvalue weighted by Crippen LogP contribution is -2.25. The molecular formula is C15H25O. The van der Waals surface area contributed by atoms with Crippen LogP contribution in [-0.4, -0.2) is 5.60 Å². The van der Waals surface area contributed by atoms with E-state index in [4.69, 9.17) is 0 Å². The number of hydrogen-bond acceptors (Lipinski definition) is 0. The lowest BCUT2D eigenvalue weighted by Gasteiger charge is -2.19. The molecule has 0 aliphatic carbocycles. The van der Waals surface area contributed by atoms with E-state index < -0.39 is 5.60 Å². The lowest BCUT2D eigenvalue weighted by molar-refractivity contribution is -0.0257. The third kappa shape index (κ3) is 8.49. The molecule has 0 heterocycles. The van der Waals surface area contributed by atoms with E-state index in [0.29, 0.717) is 0 Å². The average Bonchev–Trinajstić information content (AvgIpc) is 2.20. The second-order valence-electron chi connectivity index (χ2n) is 4.74. The normalized spacial score (nSPS) is 14.8. The van der Waals surface area contributed by atoms with Crippen molar-refractivity contribution in [3.63, 3.8) is 0 Å². The number of rotatable bonds is 8. The summed E-state index contributed by atoms with van der Waals surface area (Å²) in [6.07, 6.45) is 14.7. The van der Waals surface area contributed by atoms with Crippen LogP contribution in [0, 0.1) is 5.92 Å². The Labute approximate surface area is 101 Å². The maximum Gasteiger partial charge on any atom is 0.104 e. The van der Waals surface area contributed by atoms with E-state index in [9.17, 15) is 5.11 Å². The molecule has 0 saturated carbocycles. The van der Waals surface area contributed by atoms with Gasteiger partial charge in [0.1, 0.15) is 5.60 Å². The molecular weight excluding hydrogens is 196 g/mol. The highest BCUT2D eigenvalue weighted by atomic mass is 16.3. The minimum absolute atomic E-state index is 0.0947. The van der Waals surface area contributed by atoms with Gasteiger partial charge in [0.15, 0.2) is 0 Å². The van der Waals surface area contributed by atoms with Gasteiger partial charge in [-0.15, -0.1) is 6.58 Å². The monoisotopic (exact) mass is 221 g/mol. The second-order valence-corrected chi connectivity index (χ2v) is 4.74. The van der Waals surface area contributed by atoms with Crippen LogP contribution in [0.4, 0.5) is 0 Å². The van der Waals surface area contributed by atoms with Crippen molar-refractivity contribution < 1.29 is 5.11 Å². The van der Waals surface area contributed by atoms with Crippen molar-refractivity contribution in [3.8, 4) is 0 Å². The summed E-state index contributed by atoms with van der Waals surface area (Å²) in [5.41, 5.74) is -0.865. The van der Waals surface area contributed by atoms with Gasteiger partial charge >= 0.3 is 0 Å². The number of allylic oxidation sites excluding steroid dienone is 4. The summed E-state index contributed by atoms with van der Waals surface area (Å²) in [7, 11) is 0. The number of hydrogen-bond donors (Lipinski definition) is 0. The van der Waals surface area contributed by atoms with Gasteiger partial charge in [0.05, 0.1) is 0 Å². The van der Waals surface area contributed by atoms with Gasteiger partial charge in [-0.05, 0) is 39.5 Å². The van der Waals surface area contributed by atoms with Crippen LogP contribution >= 0.6 is 0 Å². The molecule has 1 radical (unpaired) electrons. The Balaban J connectivity index is 3.62. The highest BCUT2D eigenvalue weighted by Crippen LogP contribution is 2.17. The molecule has 1 unspecified atom stereocenters. The first kappa shape index (κ1) is 15.2. The maximum absolute atomic E-state index is 11.6. The van der Waals surface area contributed by atoms with Crippen LogP contribution in [-0.2, 0) is 5.11 Å². The van der Waals surface area contributed by atoms with Crippen LogP contribution in [0.3, 0.4) is 0 Å². The molecule has 0 aliphatic rings. The molecule has 0 N–H and O–H groups in total. The molecule has 0 spiro atoms. The third-order valence-corrected chi connectivity index (χ3v) is 2.73. The number of unbranched alkanes of at least 4 members (excludes halogenated alkanes) is 2. The highest BCUT2D eigenvalue weighted by molar-refractivity contribution is 4.95. The van der Waals surface area contributed by atoms with Crippen LogP contribution in [0.25, 0.3) is 0 Å². The van der Waals surface area contributed by atoms with Gasteiger partial charge in [0.2, 0.25) is 0 Å². The zero-order valence-electron chi connectivity index (χ0n) is 10.9.